The molecule has 4 rings (SSSR count). The Balaban J connectivity index is 1.48. The number of rotatable bonds is 6. The number of ether oxygens (including phenoxy) is 1. The molecule has 6 nitrogen and oxygen atoms in total. The van der Waals surface area contributed by atoms with Gasteiger partial charge in [-0.15, -0.1) is 0 Å². The Kier molecular flexibility index (Phi) is 5.64. The second-order valence-corrected chi connectivity index (χ2v) is 11.4. The van der Waals surface area contributed by atoms with Gasteiger partial charge < -0.3 is 10.1 Å². The van der Waals surface area contributed by atoms with Crippen molar-refractivity contribution in [1.82, 2.24) is 9.62 Å². The summed E-state index contributed by atoms with van der Waals surface area (Å²) in [5.74, 6) is 1.37. The van der Waals surface area contributed by atoms with Crippen molar-refractivity contribution >= 4 is 15.9 Å². The zero-order valence-corrected chi connectivity index (χ0v) is 18.2. The minimum atomic E-state index is -3.22. The number of piperidine rings is 1. The van der Waals surface area contributed by atoms with Crippen molar-refractivity contribution in [2.24, 2.45) is 5.92 Å². The molecular formula is C22H32N2O4S. The first-order valence-electron chi connectivity index (χ1n) is 10.8. The molecule has 29 heavy (non-hydrogen) atoms. The van der Waals surface area contributed by atoms with Crippen molar-refractivity contribution in [2.75, 3.05) is 18.8 Å². The molecule has 1 aromatic rings. The van der Waals surface area contributed by atoms with Crippen molar-refractivity contribution in [1.29, 1.82) is 0 Å². The highest BCUT2D eigenvalue weighted by atomic mass is 32.2. The molecule has 1 aliphatic carbocycles. The Bertz CT molecular complexity index is 855. The van der Waals surface area contributed by atoms with Gasteiger partial charge in [-0.25, -0.2) is 12.7 Å². The van der Waals surface area contributed by atoms with Crippen LogP contribution >= 0.6 is 0 Å². The molecule has 0 bridgehead atoms. The van der Waals surface area contributed by atoms with Crippen LogP contribution < -0.4 is 10.1 Å². The van der Waals surface area contributed by atoms with Gasteiger partial charge in [0.2, 0.25) is 15.9 Å². The number of amides is 1. The summed E-state index contributed by atoms with van der Waals surface area (Å²) in [5.41, 5.74) is 0.710. The highest BCUT2D eigenvalue weighted by Crippen LogP contribution is 2.46. The normalized spacial score (nSPS) is 24.2. The molecule has 1 spiro atoms. The Morgan fingerprint density at radius 3 is 2.59 bits per heavy atom. The first kappa shape index (κ1) is 20.7. The number of carbonyl (C=O) groups is 1. The van der Waals surface area contributed by atoms with E-state index in [0.29, 0.717) is 38.4 Å². The van der Waals surface area contributed by atoms with E-state index < -0.39 is 10.0 Å². The lowest BCUT2D eigenvalue weighted by molar-refractivity contribution is -0.122. The quantitative estimate of drug-likeness (QED) is 0.768. The van der Waals surface area contributed by atoms with E-state index in [2.05, 4.69) is 11.4 Å². The van der Waals surface area contributed by atoms with E-state index in [9.17, 15) is 13.2 Å². The van der Waals surface area contributed by atoms with Crippen LogP contribution in [0.25, 0.3) is 0 Å². The zero-order valence-electron chi connectivity index (χ0n) is 17.4. The largest absolute Gasteiger partial charge is 0.487 e. The predicted molar refractivity (Wildman–Crippen MR) is 112 cm³/mol. The third-order valence-electron chi connectivity index (χ3n) is 6.25. The highest BCUT2D eigenvalue weighted by molar-refractivity contribution is 7.89. The van der Waals surface area contributed by atoms with Gasteiger partial charge >= 0.3 is 0 Å². The molecule has 3 aliphatic rings. The number of benzene rings is 1. The molecule has 1 saturated heterocycles. The summed E-state index contributed by atoms with van der Waals surface area (Å²) in [4.78, 5) is 12.5. The molecule has 1 amide bonds. The number of hydrogen-bond acceptors (Lipinski definition) is 4. The molecule has 7 heteroatoms. The molecule has 1 atom stereocenters. The molecule has 0 unspecified atom stereocenters. The Hall–Kier alpha value is -1.60. The summed E-state index contributed by atoms with van der Waals surface area (Å²) in [6.07, 6.45) is 4.73. The fraction of sp³-hybridized carbons (Fsp3) is 0.682. The summed E-state index contributed by atoms with van der Waals surface area (Å²) in [6, 6.07) is 8.35. The number of carbonyl (C=O) groups excluding carboxylic acids is 1. The molecule has 2 aliphatic heterocycles. The maximum absolute atomic E-state index is 12.6. The van der Waals surface area contributed by atoms with Gasteiger partial charge in [0.05, 0.1) is 5.75 Å². The van der Waals surface area contributed by atoms with Gasteiger partial charge in [-0.2, -0.15) is 0 Å². The van der Waals surface area contributed by atoms with Gasteiger partial charge in [-0.1, -0.05) is 32.0 Å². The number of fused-ring (bicyclic) bond motifs is 1. The topological polar surface area (TPSA) is 75.7 Å². The Morgan fingerprint density at radius 2 is 1.93 bits per heavy atom. The summed E-state index contributed by atoms with van der Waals surface area (Å²) in [5, 5.41) is 3.10. The summed E-state index contributed by atoms with van der Waals surface area (Å²) >= 11 is 0. The maximum Gasteiger partial charge on any atom is 0.220 e. The molecule has 0 aromatic heterocycles. The van der Waals surface area contributed by atoms with E-state index in [-0.39, 0.29) is 29.1 Å². The Morgan fingerprint density at radius 1 is 1.24 bits per heavy atom. The molecule has 1 aromatic carbocycles. The van der Waals surface area contributed by atoms with Gasteiger partial charge in [0.15, 0.2) is 0 Å². The van der Waals surface area contributed by atoms with Gasteiger partial charge in [-0.05, 0) is 36.8 Å². The van der Waals surface area contributed by atoms with Crippen molar-refractivity contribution < 1.29 is 17.9 Å². The van der Waals surface area contributed by atoms with Crippen LogP contribution in [0, 0.1) is 5.92 Å². The first-order chi connectivity index (χ1) is 13.8. The second-order valence-electron chi connectivity index (χ2n) is 9.34. The number of sulfonamides is 1. The predicted octanol–water partition coefficient (Wildman–Crippen LogP) is 3.04. The van der Waals surface area contributed by atoms with E-state index in [1.165, 1.54) is 0 Å². The summed E-state index contributed by atoms with van der Waals surface area (Å²) in [6.45, 7) is 4.83. The number of nitrogens with one attached hydrogen (secondary N) is 1. The summed E-state index contributed by atoms with van der Waals surface area (Å²) < 4.78 is 33.3. The third kappa shape index (κ3) is 4.77. The molecule has 2 heterocycles. The standard InChI is InChI=1S/C22H32N2O4S/c1-16(2)15-29(26,27)24-11-9-22(10-12-24)14-17(13-21(25)23-18-7-8-18)19-5-3-4-6-20(19)28-22/h3-6,16-18H,7-15H2,1-2H3,(H,23,25)/t17-/m0/s1. The minimum Gasteiger partial charge on any atom is -0.487 e. The lowest BCUT2D eigenvalue weighted by Crippen LogP contribution is -2.52. The van der Waals surface area contributed by atoms with Crippen molar-refractivity contribution in [3.63, 3.8) is 0 Å². The number of para-hydroxylation sites is 1. The molecule has 2 fully saturated rings. The van der Waals surface area contributed by atoms with Crippen molar-refractivity contribution in [3.05, 3.63) is 29.8 Å². The van der Waals surface area contributed by atoms with Crippen LogP contribution in [0.5, 0.6) is 5.75 Å². The van der Waals surface area contributed by atoms with Crippen LogP contribution in [-0.4, -0.2) is 49.1 Å². The van der Waals surface area contributed by atoms with Crippen LogP contribution in [0.15, 0.2) is 24.3 Å². The van der Waals surface area contributed by atoms with Crippen LogP contribution in [0.3, 0.4) is 0 Å². The summed E-state index contributed by atoms with van der Waals surface area (Å²) in [7, 11) is -3.22. The van der Waals surface area contributed by atoms with Crippen LogP contribution in [0.1, 0.15) is 63.9 Å². The van der Waals surface area contributed by atoms with E-state index in [1.54, 1.807) is 4.31 Å². The van der Waals surface area contributed by atoms with Gasteiger partial charge in [0.1, 0.15) is 11.4 Å². The molecule has 160 valence electrons. The average Bonchev–Trinajstić information content (AvgIpc) is 3.45. The Labute approximate surface area is 174 Å². The molecule has 0 radical (unpaired) electrons. The lowest BCUT2D eigenvalue weighted by atomic mass is 9.76. The maximum atomic E-state index is 12.6. The second kappa shape index (κ2) is 7.91. The number of nitrogens with zero attached hydrogens (tertiary/aromatic N) is 1. The zero-order chi connectivity index (χ0) is 20.6. The van der Waals surface area contributed by atoms with Gasteiger partial charge in [0, 0.05) is 44.3 Å². The third-order valence-corrected chi connectivity index (χ3v) is 8.49. The van der Waals surface area contributed by atoms with Crippen LogP contribution in [0.2, 0.25) is 0 Å². The van der Waals surface area contributed by atoms with Gasteiger partial charge in [0.25, 0.3) is 0 Å². The van der Waals surface area contributed by atoms with Crippen molar-refractivity contribution in [2.45, 2.75) is 69.9 Å². The fourth-order valence-corrected chi connectivity index (χ4v) is 6.46. The van der Waals surface area contributed by atoms with Crippen LogP contribution in [-0.2, 0) is 14.8 Å². The van der Waals surface area contributed by atoms with E-state index >= 15 is 0 Å². The van der Waals surface area contributed by atoms with E-state index in [1.807, 2.05) is 32.0 Å². The van der Waals surface area contributed by atoms with E-state index in [4.69, 9.17) is 4.74 Å². The monoisotopic (exact) mass is 420 g/mol. The highest BCUT2D eigenvalue weighted by Gasteiger charge is 2.45. The first-order valence-corrected chi connectivity index (χ1v) is 12.4. The smallest absolute Gasteiger partial charge is 0.220 e. The molecule has 1 saturated carbocycles. The van der Waals surface area contributed by atoms with E-state index in [0.717, 1.165) is 30.6 Å². The number of hydrogen-bond donors (Lipinski definition) is 1. The fourth-order valence-electron chi connectivity index (χ4n) is 4.67. The van der Waals surface area contributed by atoms with Crippen LogP contribution in [0.4, 0.5) is 0 Å². The average molecular weight is 421 g/mol. The SMILES string of the molecule is CC(C)CS(=O)(=O)N1CCC2(CC1)C[C@H](CC(=O)NC1CC1)c1ccccc1O2. The minimum absolute atomic E-state index is 0.109. The molecule has 1 N–H and O–H groups in total. The van der Waals surface area contributed by atoms with Gasteiger partial charge in [-0.3, -0.25) is 4.79 Å². The molecular weight excluding hydrogens is 388 g/mol. The van der Waals surface area contributed by atoms with Crippen molar-refractivity contribution in [3.8, 4) is 5.75 Å². The lowest BCUT2D eigenvalue weighted by Gasteiger charge is -2.46.